The van der Waals surface area contributed by atoms with Crippen LogP contribution in [-0.4, -0.2) is 58.3 Å². The largest absolute Gasteiger partial charge is 0.336 e. The number of nitrogens with zero attached hydrogens (tertiary/aromatic N) is 4. The minimum atomic E-state index is -0.478. The second-order valence-corrected chi connectivity index (χ2v) is 6.05. The first kappa shape index (κ1) is 19.8. The number of pyridine rings is 1. The van der Waals surface area contributed by atoms with Crippen molar-refractivity contribution < 1.29 is 9.72 Å². The lowest BCUT2D eigenvalue weighted by atomic mass is 10.1. The van der Waals surface area contributed by atoms with Gasteiger partial charge in [0.2, 0.25) is 0 Å². The number of halogens is 1. The molecule has 0 atom stereocenters. The predicted molar refractivity (Wildman–Crippen MR) is 101 cm³/mol. The van der Waals surface area contributed by atoms with Crippen LogP contribution in [0.5, 0.6) is 0 Å². The zero-order chi connectivity index (χ0) is 17.6. The summed E-state index contributed by atoms with van der Waals surface area (Å²) >= 11 is 0. The summed E-state index contributed by atoms with van der Waals surface area (Å²) in [7, 11) is 0. The Morgan fingerprint density at radius 1 is 1.12 bits per heavy atom. The fourth-order valence-electron chi connectivity index (χ4n) is 2.95. The number of carbonyl (C=O) groups is 1. The van der Waals surface area contributed by atoms with Gasteiger partial charge in [-0.2, -0.15) is 0 Å². The molecule has 0 radical (unpaired) electrons. The average Bonchev–Trinajstić information content (AvgIpc) is 2.67. The second-order valence-electron chi connectivity index (χ2n) is 6.05. The number of nitro groups is 1. The van der Waals surface area contributed by atoms with Gasteiger partial charge in [-0.05, 0) is 30.2 Å². The molecule has 0 saturated carbocycles. The van der Waals surface area contributed by atoms with E-state index in [1.807, 2.05) is 12.1 Å². The predicted octanol–water partition coefficient (Wildman–Crippen LogP) is 2.41. The van der Waals surface area contributed by atoms with E-state index in [0.29, 0.717) is 18.7 Å². The summed E-state index contributed by atoms with van der Waals surface area (Å²) in [6.07, 6.45) is 4.55. The lowest BCUT2D eigenvalue weighted by molar-refractivity contribution is -0.384. The van der Waals surface area contributed by atoms with E-state index < -0.39 is 4.92 Å². The van der Waals surface area contributed by atoms with Crippen molar-refractivity contribution in [2.45, 2.75) is 6.42 Å². The smallest absolute Gasteiger partial charge is 0.270 e. The molecule has 2 aromatic rings. The van der Waals surface area contributed by atoms with E-state index in [2.05, 4.69) is 9.88 Å². The minimum Gasteiger partial charge on any atom is -0.336 e. The van der Waals surface area contributed by atoms with Gasteiger partial charge < -0.3 is 4.90 Å². The third-order valence-corrected chi connectivity index (χ3v) is 4.43. The molecule has 3 rings (SSSR count). The van der Waals surface area contributed by atoms with Crippen molar-refractivity contribution in [1.82, 2.24) is 14.8 Å². The minimum absolute atomic E-state index is 0. The van der Waals surface area contributed by atoms with Gasteiger partial charge in [-0.25, -0.2) is 0 Å². The number of amides is 1. The Morgan fingerprint density at radius 2 is 1.81 bits per heavy atom. The molecule has 7 nitrogen and oxygen atoms in total. The van der Waals surface area contributed by atoms with Crippen LogP contribution >= 0.6 is 12.4 Å². The van der Waals surface area contributed by atoms with Crippen molar-refractivity contribution in [2.75, 3.05) is 32.7 Å². The molecule has 0 aliphatic carbocycles. The van der Waals surface area contributed by atoms with Gasteiger partial charge in [0, 0.05) is 62.8 Å². The highest BCUT2D eigenvalue weighted by Crippen LogP contribution is 2.16. The molecule has 0 spiro atoms. The first-order valence-corrected chi connectivity index (χ1v) is 8.28. The fourth-order valence-corrected chi connectivity index (χ4v) is 2.95. The number of piperazine rings is 1. The Balaban J connectivity index is 0.00000243. The lowest BCUT2D eigenvalue weighted by Gasteiger charge is -2.34. The van der Waals surface area contributed by atoms with Crippen molar-refractivity contribution in [3.8, 4) is 0 Å². The van der Waals surface area contributed by atoms with Crippen LogP contribution in [0.3, 0.4) is 0 Å². The first-order valence-electron chi connectivity index (χ1n) is 8.28. The van der Waals surface area contributed by atoms with Gasteiger partial charge in [-0.3, -0.25) is 24.8 Å². The molecular formula is C18H21ClN4O3. The molecule has 1 aromatic heterocycles. The van der Waals surface area contributed by atoms with Crippen LogP contribution in [0.2, 0.25) is 0 Å². The highest BCUT2D eigenvalue weighted by atomic mass is 35.5. The average molecular weight is 377 g/mol. The van der Waals surface area contributed by atoms with Gasteiger partial charge in [-0.15, -0.1) is 12.4 Å². The Morgan fingerprint density at radius 3 is 2.46 bits per heavy atom. The summed E-state index contributed by atoms with van der Waals surface area (Å²) in [5.41, 5.74) is 1.58. The molecule has 1 aliphatic rings. The van der Waals surface area contributed by atoms with Crippen LogP contribution in [0, 0.1) is 10.1 Å². The van der Waals surface area contributed by atoms with Crippen LogP contribution in [0.25, 0.3) is 0 Å². The SMILES string of the molecule is Cl.O=C(c1cccc([N+](=O)[O-])c1)N1CCN(CCc2ccncc2)CC1. The zero-order valence-corrected chi connectivity index (χ0v) is 15.1. The van der Waals surface area contributed by atoms with Crippen LogP contribution in [0.4, 0.5) is 5.69 Å². The summed E-state index contributed by atoms with van der Waals surface area (Å²) in [6, 6.07) is 9.96. The van der Waals surface area contributed by atoms with Gasteiger partial charge in [0.05, 0.1) is 4.92 Å². The third kappa shape index (κ3) is 5.00. The molecule has 1 aliphatic heterocycles. The summed E-state index contributed by atoms with van der Waals surface area (Å²) < 4.78 is 0. The van der Waals surface area contributed by atoms with Gasteiger partial charge in [-0.1, -0.05) is 6.07 Å². The fraction of sp³-hybridized carbons (Fsp3) is 0.333. The molecule has 1 aromatic carbocycles. The standard InChI is InChI=1S/C18H20N4O3.ClH/c23-18(16-2-1-3-17(14-16)22(24)25)21-12-10-20(11-13-21)9-6-15-4-7-19-8-5-15;/h1-5,7-8,14H,6,9-13H2;1H. The van der Waals surface area contributed by atoms with Crippen molar-refractivity contribution in [2.24, 2.45) is 0 Å². The monoisotopic (exact) mass is 376 g/mol. The molecule has 26 heavy (non-hydrogen) atoms. The maximum atomic E-state index is 12.5. The Labute approximate surface area is 158 Å². The lowest BCUT2D eigenvalue weighted by Crippen LogP contribution is -2.49. The number of hydrogen-bond donors (Lipinski definition) is 0. The van der Waals surface area contributed by atoms with Gasteiger partial charge in [0.25, 0.3) is 11.6 Å². The number of rotatable bonds is 5. The number of non-ortho nitro benzene ring substituents is 1. The zero-order valence-electron chi connectivity index (χ0n) is 14.3. The highest BCUT2D eigenvalue weighted by molar-refractivity contribution is 5.94. The molecule has 0 N–H and O–H groups in total. The molecule has 0 unspecified atom stereocenters. The molecule has 8 heteroatoms. The number of hydrogen-bond acceptors (Lipinski definition) is 5. The van der Waals surface area contributed by atoms with Crippen LogP contribution in [-0.2, 0) is 6.42 Å². The molecule has 2 heterocycles. The number of benzene rings is 1. The van der Waals surface area contributed by atoms with E-state index in [1.54, 1.807) is 29.4 Å². The van der Waals surface area contributed by atoms with Gasteiger partial charge >= 0.3 is 0 Å². The molecule has 138 valence electrons. The van der Waals surface area contributed by atoms with Crippen LogP contribution in [0.15, 0.2) is 48.8 Å². The number of nitro benzene ring substituents is 1. The van der Waals surface area contributed by atoms with Crippen molar-refractivity contribution in [1.29, 1.82) is 0 Å². The first-order chi connectivity index (χ1) is 12.1. The molecule has 1 amide bonds. The normalized spacial score (nSPS) is 14.5. The van der Waals surface area contributed by atoms with Crippen molar-refractivity contribution in [3.05, 3.63) is 70.0 Å². The molecule has 1 saturated heterocycles. The second kappa shape index (κ2) is 9.26. The van der Waals surface area contributed by atoms with E-state index in [4.69, 9.17) is 0 Å². The molecule has 0 bridgehead atoms. The van der Waals surface area contributed by atoms with Gasteiger partial charge in [0.15, 0.2) is 0 Å². The van der Waals surface area contributed by atoms with E-state index >= 15 is 0 Å². The molecular weight excluding hydrogens is 356 g/mol. The van der Waals surface area contributed by atoms with Crippen LogP contribution < -0.4 is 0 Å². The highest BCUT2D eigenvalue weighted by Gasteiger charge is 2.23. The van der Waals surface area contributed by atoms with Crippen molar-refractivity contribution >= 4 is 24.0 Å². The van der Waals surface area contributed by atoms with E-state index in [9.17, 15) is 14.9 Å². The Hall–Kier alpha value is -2.51. The molecule has 1 fully saturated rings. The Bertz CT molecular complexity index is 749. The number of carbonyl (C=O) groups excluding carboxylic acids is 1. The maximum Gasteiger partial charge on any atom is 0.270 e. The summed E-state index contributed by atoms with van der Waals surface area (Å²) in [5.74, 6) is -0.141. The van der Waals surface area contributed by atoms with Crippen molar-refractivity contribution in [3.63, 3.8) is 0 Å². The summed E-state index contributed by atoms with van der Waals surface area (Å²) in [6.45, 7) is 3.84. The summed E-state index contributed by atoms with van der Waals surface area (Å²) in [5, 5.41) is 10.9. The van der Waals surface area contributed by atoms with E-state index in [0.717, 1.165) is 26.1 Å². The van der Waals surface area contributed by atoms with E-state index in [-0.39, 0.29) is 24.0 Å². The topological polar surface area (TPSA) is 79.6 Å². The summed E-state index contributed by atoms with van der Waals surface area (Å²) in [4.78, 5) is 31.0. The Kier molecular flexibility index (Phi) is 7.06. The number of aromatic nitrogens is 1. The quantitative estimate of drug-likeness (QED) is 0.591. The van der Waals surface area contributed by atoms with E-state index in [1.165, 1.54) is 17.7 Å². The van der Waals surface area contributed by atoms with Crippen LogP contribution in [0.1, 0.15) is 15.9 Å². The maximum absolute atomic E-state index is 12.5. The third-order valence-electron chi connectivity index (χ3n) is 4.43. The van der Waals surface area contributed by atoms with Gasteiger partial charge in [0.1, 0.15) is 0 Å².